The summed E-state index contributed by atoms with van der Waals surface area (Å²) >= 11 is 0. The number of hydrogen-bond donors (Lipinski definition) is 1. The fourth-order valence-electron chi connectivity index (χ4n) is 3.13. The Morgan fingerprint density at radius 2 is 1.90 bits per heavy atom. The van der Waals surface area contributed by atoms with Gasteiger partial charge in [0, 0.05) is 38.7 Å². The molecule has 0 spiro atoms. The predicted octanol–water partition coefficient (Wildman–Crippen LogP) is 2.17. The van der Waals surface area contributed by atoms with Crippen LogP contribution in [-0.4, -0.2) is 55.6 Å². The average molecular weight is 289 g/mol. The van der Waals surface area contributed by atoms with Gasteiger partial charge in [-0.15, -0.1) is 0 Å². The van der Waals surface area contributed by atoms with Gasteiger partial charge < -0.3 is 15.1 Å². The quantitative estimate of drug-likeness (QED) is 0.900. The van der Waals surface area contributed by atoms with Crippen molar-refractivity contribution in [2.75, 3.05) is 51.0 Å². The Bertz CT molecular complexity index is 476. The lowest BCUT2D eigenvalue weighted by Crippen LogP contribution is -2.37. The van der Waals surface area contributed by atoms with Crippen LogP contribution >= 0.6 is 0 Å². The first kappa shape index (κ1) is 14.6. The van der Waals surface area contributed by atoms with Crippen molar-refractivity contribution in [3.63, 3.8) is 0 Å². The summed E-state index contributed by atoms with van der Waals surface area (Å²) in [5.74, 6) is 4.53. The molecule has 0 atom stereocenters. The first-order chi connectivity index (χ1) is 10.2. The van der Waals surface area contributed by atoms with Gasteiger partial charge in [-0.05, 0) is 45.7 Å². The van der Waals surface area contributed by atoms with Gasteiger partial charge in [0.1, 0.15) is 17.5 Å². The zero-order chi connectivity index (χ0) is 14.8. The highest BCUT2D eigenvalue weighted by molar-refractivity contribution is 5.50. The molecular weight excluding hydrogens is 262 g/mol. The Morgan fingerprint density at radius 3 is 2.48 bits per heavy atom. The summed E-state index contributed by atoms with van der Waals surface area (Å²) in [6.07, 6.45) is 5.01. The fourth-order valence-corrected chi connectivity index (χ4v) is 3.13. The van der Waals surface area contributed by atoms with E-state index in [0.29, 0.717) is 5.92 Å². The van der Waals surface area contributed by atoms with Crippen LogP contribution in [0.2, 0.25) is 0 Å². The van der Waals surface area contributed by atoms with Crippen molar-refractivity contribution < 1.29 is 0 Å². The number of aromatic nitrogens is 2. The molecular formula is C16H27N5. The molecule has 5 nitrogen and oxygen atoms in total. The summed E-state index contributed by atoms with van der Waals surface area (Å²) in [4.78, 5) is 14.2. The van der Waals surface area contributed by atoms with E-state index >= 15 is 0 Å². The molecule has 0 bridgehead atoms. The minimum Gasteiger partial charge on any atom is -0.373 e. The van der Waals surface area contributed by atoms with Gasteiger partial charge in [0.05, 0.1) is 0 Å². The van der Waals surface area contributed by atoms with Crippen molar-refractivity contribution in [2.24, 2.45) is 5.92 Å². The Kier molecular flexibility index (Phi) is 4.29. The van der Waals surface area contributed by atoms with E-state index in [9.17, 15) is 0 Å². The van der Waals surface area contributed by atoms with E-state index in [-0.39, 0.29) is 0 Å². The van der Waals surface area contributed by atoms with Crippen molar-refractivity contribution in [3.05, 3.63) is 11.9 Å². The molecule has 2 aliphatic rings. The summed E-state index contributed by atoms with van der Waals surface area (Å²) in [7, 11) is 6.27. The van der Waals surface area contributed by atoms with Gasteiger partial charge in [-0.3, -0.25) is 0 Å². The lowest BCUT2D eigenvalue weighted by atomic mass is 9.96. The third kappa shape index (κ3) is 3.64. The second kappa shape index (κ2) is 6.18. The second-order valence-corrected chi connectivity index (χ2v) is 6.69. The van der Waals surface area contributed by atoms with Crippen molar-refractivity contribution >= 4 is 11.6 Å². The zero-order valence-corrected chi connectivity index (χ0v) is 13.5. The molecule has 0 radical (unpaired) electrons. The minimum atomic E-state index is 0.600. The van der Waals surface area contributed by atoms with Crippen LogP contribution in [0.25, 0.3) is 0 Å². The predicted molar refractivity (Wildman–Crippen MR) is 87.0 cm³/mol. The lowest BCUT2D eigenvalue weighted by Gasteiger charge is -2.34. The van der Waals surface area contributed by atoms with E-state index < -0.39 is 0 Å². The van der Waals surface area contributed by atoms with Gasteiger partial charge in [-0.25, -0.2) is 9.97 Å². The maximum Gasteiger partial charge on any atom is 0.136 e. The molecule has 0 amide bonds. The molecule has 1 aromatic rings. The summed E-state index contributed by atoms with van der Waals surface area (Å²) < 4.78 is 0. The van der Waals surface area contributed by atoms with Gasteiger partial charge in [0.2, 0.25) is 0 Å². The number of nitrogens with one attached hydrogen (secondary N) is 1. The van der Waals surface area contributed by atoms with Gasteiger partial charge in [0.15, 0.2) is 0 Å². The van der Waals surface area contributed by atoms with Gasteiger partial charge in [0.25, 0.3) is 0 Å². The molecule has 1 aromatic heterocycles. The van der Waals surface area contributed by atoms with Crippen molar-refractivity contribution in [3.8, 4) is 0 Å². The molecule has 5 heteroatoms. The Labute approximate surface area is 127 Å². The standard InChI is InChI=1S/C16H27N5/c1-17-14-10-15(19-16(18-14)13-4-5-13)21-8-6-12(7-9-21)11-20(2)3/h10,12-13H,4-9,11H2,1-3H3,(H,17,18,19). The number of anilines is 2. The molecule has 116 valence electrons. The topological polar surface area (TPSA) is 44.3 Å². The van der Waals surface area contributed by atoms with Crippen LogP contribution in [0.1, 0.15) is 37.4 Å². The normalized spacial score (nSPS) is 20.1. The van der Waals surface area contributed by atoms with Crippen LogP contribution in [0.4, 0.5) is 11.6 Å². The summed E-state index contributed by atoms with van der Waals surface area (Å²) in [5, 5.41) is 3.18. The molecule has 1 saturated heterocycles. The Balaban J connectivity index is 1.68. The summed E-state index contributed by atoms with van der Waals surface area (Å²) in [6.45, 7) is 3.43. The molecule has 0 unspecified atom stereocenters. The van der Waals surface area contributed by atoms with Crippen LogP contribution in [0.3, 0.4) is 0 Å². The first-order valence-corrected chi connectivity index (χ1v) is 8.12. The maximum atomic E-state index is 4.82. The molecule has 2 heterocycles. The van der Waals surface area contributed by atoms with E-state index in [1.165, 1.54) is 32.2 Å². The number of nitrogens with zero attached hydrogens (tertiary/aromatic N) is 4. The van der Waals surface area contributed by atoms with E-state index in [2.05, 4.69) is 40.3 Å². The molecule has 1 aliphatic carbocycles. The molecule has 1 aliphatic heterocycles. The van der Waals surface area contributed by atoms with Gasteiger partial charge in [-0.2, -0.15) is 0 Å². The highest BCUT2D eigenvalue weighted by atomic mass is 15.2. The smallest absolute Gasteiger partial charge is 0.136 e. The molecule has 0 aromatic carbocycles. The Hall–Kier alpha value is -1.36. The minimum absolute atomic E-state index is 0.600. The maximum absolute atomic E-state index is 4.82. The summed E-state index contributed by atoms with van der Waals surface area (Å²) in [6, 6.07) is 2.10. The highest BCUT2D eigenvalue weighted by Gasteiger charge is 2.28. The second-order valence-electron chi connectivity index (χ2n) is 6.69. The van der Waals surface area contributed by atoms with Crippen LogP contribution in [0.15, 0.2) is 6.07 Å². The zero-order valence-electron chi connectivity index (χ0n) is 13.5. The third-order valence-corrected chi connectivity index (χ3v) is 4.49. The molecule has 3 rings (SSSR count). The monoisotopic (exact) mass is 289 g/mol. The van der Waals surface area contributed by atoms with Gasteiger partial charge >= 0.3 is 0 Å². The molecule has 2 fully saturated rings. The van der Waals surface area contributed by atoms with Gasteiger partial charge in [-0.1, -0.05) is 0 Å². The molecule has 1 N–H and O–H groups in total. The van der Waals surface area contributed by atoms with Crippen LogP contribution in [0.5, 0.6) is 0 Å². The van der Waals surface area contributed by atoms with Crippen LogP contribution in [0, 0.1) is 5.92 Å². The van der Waals surface area contributed by atoms with Crippen LogP contribution < -0.4 is 10.2 Å². The van der Waals surface area contributed by atoms with E-state index in [0.717, 1.165) is 36.5 Å². The molecule has 1 saturated carbocycles. The lowest BCUT2D eigenvalue weighted by molar-refractivity contribution is 0.284. The molecule has 21 heavy (non-hydrogen) atoms. The fraction of sp³-hybridized carbons (Fsp3) is 0.750. The van der Waals surface area contributed by atoms with E-state index in [1.54, 1.807) is 0 Å². The van der Waals surface area contributed by atoms with Crippen molar-refractivity contribution in [1.29, 1.82) is 0 Å². The number of hydrogen-bond acceptors (Lipinski definition) is 5. The average Bonchev–Trinajstić information content (AvgIpc) is 3.31. The first-order valence-electron chi connectivity index (χ1n) is 8.12. The largest absolute Gasteiger partial charge is 0.373 e. The highest BCUT2D eigenvalue weighted by Crippen LogP contribution is 2.39. The Morgan fingerprint density at radius 1 is 1.19 bits per heavy atom. The van der Waals surface area contributed by atoms with Crippen molar-refractivity contribution in [1.82, 2.24) is 14.9 Å². The number of rotatable bonds is 5. The van der Waals surface area contributed by atoms with E-state index in [4.69, 9.17) is 4.98 Å². The third-order valence-electron chi connectivity index (χ3n) is 4.49. The van der Waals surface area contributed by atoms with E-state index in [1.807, 2.05) is 7.05 Å². The summed E-state index contributed by atoms with van der Waals surface area (Å²) in [5.41, 5.74) is 0. The number of piperidine rings is 1. The SMILES string of the molecule is CNc1cc(N2CCC(CN(C)C)CC2)nc(C2CC2)n1. The van der Waals surface area contributed by atoms with Crippen LogP contribution in [-0.2, 0) is 0 Å². The van der Waals surface area contributed by atoms with Crippen molar-refractivity contribution in [2.45, 2.75) is 31.6 Å².